The van der Waals surface area contributed by atoms with Gasteiger partial charge in [-0.05, 0) is 39.8 Å². The van der Waals surface area contributed by atoms with Crippen LogP contribution in [-0.4, -0.2) is 11.8 Å². The van der Waals surface area contributed by atoms with E-state index < -0.39 is 0 Å². The van der Waals surface area contributed by atoms with Gasteiger partial charge in [-0.25, -0.2) is 0 Å². The van der Waals surface area contributed by atoms with E-state index in [1.54, 1.807) is 11.3 Å². The molecule has 0 amide bonds. The molecule has 0 aliphatic rings. The van der Waals surface area contributed by atoms with Gasteiger partial charge in [0.1, 0.15) is 0 Å². The predicted octanol–water partition coefficient (Wildman–Crippen LogP) is 2.78. The molecule has 0 saturated heterocycles. The first kappa shape index (κ1) is 10.3. The highest BCUT2D eigenvalue weighted by molar-refractivity contribution is 7.13. The van der Waals surface area contributed by atoms with Gasteiger partial charge in [-0.1, -0.05) is 0 Å². The molecule has 13 heavy (non-hydrogen) atoms. The summed E-state index contributed by atoms with van der Waals surface area (Å²) in [5.74, 6) is 0. The molecule has 72 valence electrons. The summed E-state index contributed by atoms with van der Waals surface area (Å²) in [5, 5.41) is 4.16. The van der Waals surface area contributed by atoms with E-state index in [0.29, 0.717) is 0 Å². The number of hydrogen-bond donors (Lipinski definition) is 1. The quantitative estimate of drug-likeness (QED) is 0.571. The number of aryl methyl sites for hydroxylation is 1. The topological polar surface area (TPSA) is 24.4 Å². The predicted molar refractivity (Wildman–Crippen MR) is 59.5 cm³/mol. The maximum Gasteiger partial charge on any atom is 0.0640 e. The van der Waals surface area contributed by atoms with E-state index in [1.165, 1.54) is 9.75 Å². The molecule has 0 aliphatic heterocycles. The van der Waals surface area contributed by atoms with Crippen molar-refractivity contribution >= 4 is 17.6 Å². The zero-order chi connectivity index (χ0) is 9.90. The summed E-state index contributed by atoms with van der Waals surface area (Å²) in [6.07, 6.45) is 1.86. The average molecular weight is 196 g/mol. The van der Waals surface area contributed by atoms with E-state index in [-0.39, 0.29) is 5.54 Å². The first-order valence-electron chi connectivity index (χ1n) is 4.34. The highest BCUT2D eigenvalue weighted by Gasteiger charge is 2.05. The minimum atomic E-state index is 0.0444. The van der Waals surface area contributed by atoms with Gasteiger partial charge < -0.3 is 5.43 Å². The summed E-state index contributed by atoms with van der Waals surface area (Å²) < 4.78 is 0. The van der Waals surface area contributed by atoms with Gasteiger partial charge in [-0.15, -0.1) is 11.3 Å². The van der Waals surface area contributed by atoms with Crippen molar-refractivity contribution in [1.82, 2.24) is 5.43 Å². The molecule has 1 heterocycles. The van der Waals surface area contributed by atoms with E-state index >= 15 is 0 Å². The Morgan fingerprint density at radius 2 is 2.08 bits per heavy atom. The van der Waals surface area contributed by atoms with Crippen LogP contribution < -0.4 is 5.43 Å². The van der Waals surface area contributed by atoms with Crippen LogP contribution >= 0.6 is 11.3 Å². The number of rotatable bonds is 2. The molecular formula is C10H16N2S. The highest BCUT2D eigenvalue weighted by Crippen LogP contribution is 2.12. The lowest BCUT2D eigenvalue weighted by atomic mass is 10.1. The molecule has 0 atom stereocenters. The second-order valence-corrected chi connectivity index (χ2v) is 5.39. The summed E-state index contributed by atoms with van der Waals surface area (Å²) in [6.45, 7) is 8.36. The van der Waals surface area contributed by atoms with Gasteiger partial charge in [0.15, 0.2) is 0 Å². The Balaban J connectivity index is 2.50. The Morgan fingerprint density at radius 1 is 1.38 bits per heavy atom. The minimum Gasteiger partial charge on any atom is -0.305 e. The SMILES string of the molecule is Cc1ccc(C=NNC(C)(C)C)s1. The molecular weight excluding hydrogens is 180 g/mol. The molecule has 0 fully saturated rings. The van der Waals surface area contributed by atoms with Gasteiger partial charge in [0.05, 0.1) is 6.21 Å². The van der Waals surface area contributed by atoms with Crippen LogP contribution in [0.2, 0.25) is 0 Å². The third kappa shape index (κ3) is 4.08. The molecule has 0 unspecified atom stereocenters. The molecule has 1 rings (SSSR count). The third-order valence-corrected chi connectivity index (χ3v) is 2.29. The Kier molecular flexibility index (Phi) is 3.09. The van der Waals surface area contributed by atoms with Gasteiger partial charge in [0.25, 0.3) is 0 Å². The standard InChI is InChI=1S/C10H16N2S/c1-8-5-6-9(13-8)7-11-12-10(2,3)4/h5-7,12H,1-4H3. The van der Waals surface area contributed by atoms with Crippen molar-refractivity contribution in [2.75, 3.05) is 0 Å². The number of nitrogens with zero attached hydrogens (tertiary/aromatic N) is 1. The van der Waals surface area contributed by atoms with E-state index in [2.05, 4.69) is 50.4 Å². The lowest BCUT2D eigenvalue weighted by Gasteiger charge is -2.16. The Hall–Kier alpha value is -0.830. The molecule has 0 saturated carbocycles. The summed E-state index contributed by atoms with van der Waals surface area (Å²) in [6, 6.07) is 4.18. The van der Waals surface area contributed by atoms with E-state index in [9.17, 15) is 0 Å². The van der Waals surface area contributed by atoms with Crippen molar-refractivity contribution in [2.45, 2.75) is 33.2 Å². The summed E-state index contributed by atoms with van der Waals surface area (Å²) >= 11 is 1.75. The molecule has 0 aliphatic carbocycles. The second-order valence-electron chi connectivity index (χ2n) is 4.07. The van der Waals surface area contributed by atoms with E-state index in [0.717, 1.165) is 0 Å². The van der Waals surface area contributed by atoms with Crippen LogP contribution in [0.4, 0.5) is 0 Å². The Bertz CT molecular complexity index is 294. The van der Waals surface area contributed by atoms with E-state index in [4.69, 9.17) is 0 Å². The molecule has 2 nitrogen and oxygen atoms in total. The molecule has 0 bridgehead atoms. The monoisotopic (exact) mass is 196 g/mol. The normalized spacial score (nSPS) is 12.3. The van der Waals surface area contributed by atoms with Crippen molar-refractivity contribution in [2.24, 2.45) is 5.10 Å². The number of hydrazone groups is 1. The molecule has 1 aromatic heterocycles. The lowest BCUT2D eigenvalue weighted by Crippen LogP contribution is -2.31. The largest absolute Gasteiger partial charge is 0.305 e. The fourth-order valence-electron chi connectivity index (χ4n) is 0.812. The van der Waals surface area contributed by atoms with Gasteiger partial charge >= 0.3 is 0 Å². The first-order chi connectivity index (χ1) is 5.97. The fourth-order valence-corrected chi connectivity index (χ4v) is 1.56. The first-order valence-corrected chi connectivity index (χ1v) is 5.16. The van der Waals surface area contributed by atoms with Crippen LogP contribution in [0, 0.1) is 6.92 Å². The number of nitrogens with one attached hydrogen (secondary N) is 1. The van der Waals surface area contributed by atoms with Crippen LogP contribution in [0.3, 0.4) is 0 Å². The van der Waals surface area contributed by atoms with Crippen LogP contribution in [0.25, 0.3) is 0 Å². The van der Waals surface area contributed by atoms with Crippen molar-refractivity contribution in [1.29, 1.82) is 0 Å². The van der Waals surface area contributed by atoms with Gasteiger partial charge in [0.2, 0.25) is 0 Å². The van der Waals surface area contributed by atoms with Crippen LogP contribution in [0.15, 0.2) is 17.2 Å². The van der Waals surface area contributed by atoms with Crippen molar-refractivity contribution in [3.63, 3.8) is 0 Å². The van der Waals surface area contributed by atoms with Crippen LogP contribution in [-0.2, 0) is 0 Å². The second kappa shape index (κ2) is 3.92. The van der Waals surface area contributed by atoms with Gasteiger partial charge in [-0.3, -0.25) is 0 Å². The Labute approximate surface area is 83.7 Å². The molecule has 1 N–H and O–H groups in total. The summed E-state index contributed by atoms with van der Waals surface area (Å²) in [5.41, 5.74) is 3.10. The van der Waals surface area contributed by atoms with Gasteiger partial charge in [0, 0.05) is 15.3 Å². The molecule has 0 spiro atoms. The molecule has 3 heteroatoms. The highest BCUT2D eigenvalue weighted by atomic mass is 32.1. The van der Waals surface area contributed by atoms with Crippen molar-refractivity contribution < 1.29 is 0 Å². The minimum absolute atomic E-state index is 0.0444. The average Bonchev–Trinajstić information content (AvgIpc) is 2.33. The Morgan fingerprint density at radius 3 is 2.54 bits per heavy atom. The maximum absolute atomic E-state index is 4.16. The van der Waals surface area contributed by atoms with E-state index in [1.807, 2.05) is 6.21 Å². The smallest absolute Gasteiger partial charge is 0.0640 e. The van der Waals surface area contributed by atoms with Crippen LogP contribution in [0.5, 0.6) is 0 Å². The maximum atomic E-state index is 4.16. The number of thiophene rings is 1. The number of hydrogen-bond acceptors (Lipinski definition) is 3. The van der Waals surface area contributed by atoms with Crippen molar-refractivity contribution in [3.05, 3.63) is 21.9 Å². The summed E-state index contributed by atoms with van der Waals surface area (Å²) in [4.78, 5) is 2.51. The zero-order valence-corrected chi connectivity index (χ0v) is 9.40. The fraction of sp³-hybridized carbons (Fsp3) is 0.500. The summed E-state index contributed by atoms with van der Waals surface area (Å²) in [7, 11) is 0. The molecule has 1 aromatic rings. The lowest BCUT2D eigenvalue weighted by molar-refractivity contribution is 0.442. The van der Waals surface area contributed by atoms with Crippen molar-refractivity contribution in [3.8, 4) is 0 Å². The molecule has 0 aromatic carbocycles. The molecule has 0 radical (unpaired) electrons. The third-order valence-electron chi connectivity index (χ3n) is 1.35. The van der Waals surface area contributed by atoms with Gasteiger partial charge in [-0.2, -0.15) is 5.10 Å². The zero-order valence-electron chi connectivity index (χ0n) is 8.59. The van der Waals surface area contributed by atoms with Crippen LogP contribution in [0.1, 0.15) is 30.5 Å².